The summed E-state index contributed by atoms with van der Waals surface area (Å²) in [6, 6.07) is 0.370. The van der Waals surface area contributed by atoms with Gasteiger partial charge in [-0.25, -0.2) is 4.79 Å². The predicted octanol–water partition coefficient (Wildman–Crippen LogP) is 1.44. The number of nitrogens with one attached hydrogen (secondary N) is 1. The Hall–Kier alpha value is -1.26. The third-order valence-electron chi connectivity index (χ3n) is 2.56. The summed E-state index contributed by atoms with van der Waals surface area (Å²) in [6.07, 6.45) is 3.76. The van der Waals surface area contributed by atoms with Gasteiger partial charge in [0.2, 0.25) is 0 Å². The van der Waals surface area contributed by atoms with Crippen molar-refractivity contribution in [3.8, 4) is 0 Å². The third-order valence-corrected chi connectivity index (χ3v) is 2.56. The topological polar surface area (TPSA) is 69.6 Å². The number of hydrogen-bond acceptors (Lipinski definition) is 2. The Kier molecular flexibility index (Phi) is 5.08. The molecule has 0 unspecified atom stereocenters. The van der Waals surface area contributed by atoms with Gasteiger partial charge in [0.05, 0.1) is 0 Å². The van der Waals surface area contributed by atoms with Crippen molar-refractivity contribution in [1.29, 1.82) is 0 Å². The van der Waals surface area contributed by atoms with E-state index in [4.69, 9.17) is 5.11 Å². The van der Waals surface area contributed by atoms with Crippen LogP contribution in [0.3, 0.4) is 0 Å². The van der Waals surface area contributed by atoms with E-state index < -0.39 is 5.97 Å². The molecule has 5 nitrogen and oxygen atoms in total. The first kappa shape index (κ1) is 12.8. The Morgan fingerprint density at radius 1 is 1.44 bits per heavy atom. The molecule has 1 saturated carbocycles. The van der Waals surface area contributed by atoms with Crippen LogP contribution in [0.4, 0.5) is 4.79 Å². The minimum atomic E-state index is -0.818. The van der Waals surface area contributed by atoms with Gasteiger partial charge in [-0.1, -0.05) is 6.92 Å². The van der Waals surface area contributed by atoms with Crippen LogP contribution in [-0.4, -0.2) is 41.1 Å². The van der Waals surface area contributed by atoms with Crippen LogP contribution in [0, 0.1) is 0 Å². The van der Waals surface area contributed by atoms with Gasteiger partial charge in [-0.15, -0.1) is 0 Å². The Labute approximate surface area is 95.8 Å². The van der Waals surface area contributed by atoms with Crippen LogP contribution < -0.4 is 5.32 Å². The van der Waals surface area contributed by atoms with E-state index in [2.05, 4.69) is 5.32 Å². The molecule has 0 bridgehead atoms. The second-order valence-corrected chi connectivity index (χ2v) is 4.15. The van der Waals surface area contributed by atoms with E-state index in [9.17, 15) is 9.59 Å². The quantitative estimate of drug-likeness (QED) is 0.648. The molecule has 0 aliphatic heterocycles. The van der Waals surface area contributed by atoms with Gasteiger partial charge in [0.25, 0.3) is 0 Å². The van der Waals surface area contributed by atoms with E-state index in [1.54, 1.807) is 0 Å². The van der Waals surface area contributed by atoms with Crippen molar-refractivity contribution in [3.05, 3.63) is 0 Å². The van der Waals surface area contributed by atoms with Crippen LogP contribution in [0.2, 0.25) is 0 Å². The molecule has 92 valence electrons. The van der Waals surface area contributed by atoms with Crippen LogP contribution in [0.15, 0.2) is 0 Å². The molecule has 1 rings (SSSR count). The number of urea groups is 1. The molecule has 5 heteroatoms. The number of carboxylic acids is 1. The van der Waals surface area contributed by atoms with E-state index in [-0.39, 0.29) is 12.5 Å². The van der Waals surface area contributed by atoms with Gasteiger partial charge in [-0.2, -0.15) is 0 Å². The zero-order chi connectivity index (χ0) is 12.0. The maximum Gasteiger partial charge on any atom is 0.317 e. The van der Waals surface area contributed by atoms with Crippen LogP contribution in [-0.2, 0) is 4.79 Å². The van der Waals surface area contributed by atoms with Crippen LogP contribution in [0.1, 0.15) is 39.0 Å². The second kappa shape index (κ2) is 6.35. The Morgan fingerprint density at radius 2 is 2.12 bits per heavy atom. The molecular formula is C11H20N2O3. The number of amides is 2. The number of carboxylic acid groups (broad SMARTS) is 1. The molecule has 1 fully saturated rings. The largest absolute Gasteiger partial charge is 0.481 e. The molecule has 0 radical (unpaired) electrons. The normalized spacial score (nSPS) is 14.6. The standard InChI is InChI=1S/C11H20N2O3/c1-2-8-13(9-5-6-9)11(16)12-7-3-4-10(14)15/h9H,2-8H2,1H3,(H,12,16)(H,14,15). The van der Waals surface area contributed by atoms with Crippen LogP contribution >= 0.6 is 0 Å². The van der Waals surface area contributed by atoms with E-state index in [0.29, 0.717) is 19.0 Å². The van der Waals surface area contributed by atoms with Crippen molar-refractivity contribution in [1.82, 2.24) is 10.2 Å². The summed E-state index contributed by atoms with van der Waals surface area (Å²) in [5, 5.41) is 11.2. The fourth-order valence-corrected chi connectivity index (χ4v) is 1.61. The van der Waals surface area contributed by atoms with Gasteiger partial charge < -0.3 is 15.3 Å². The van der Waals surface area contributed by atoms with Crippen molar-refractivity contribution in [3.63, 3.8) is 0 Å². The van der Waals surface area contributed by atoms with Gasteiger partial charge >= 0.3 is 12.0 Å². The molecule has 0 aromatic carbocycles. The number of hydrogen-bond donors (Lipinski definition) is 2. The Balaban J connectivity index is 2.18. The first-order chi connectivity index (χ1) is 7.65. The average molecular weight is 228 g/mol. The summed E-state index contributed by atoms with van der Waals surface area (Å²) in [5.74, 6) is -0.818. The smallest absolute Gasteiger partial charge is 0.317 e. The maximum atomic E-state index is 11.7. The summed E-state index contributed by atoms with van der Waals surface area (Å²) in [6.45, 7) is 3.28. The lowest BCUT2D eigenvalue weighted by atomic mass is 10.3. The molecule has 0 atom stereocenters. The average Bonchev–Trinajstić information content (AvgIpc) is 3.04. The highest BCUT2D eigenvalue weighted by Gasteiger charge is 2.31. The number of carbonyl (C=O) groups is 2. The molecule has 0 saturated heterocycles. The predicted molar refractivity (Wildman–Crippen MR) is 60.3 cm³/mol. The lowest BCUT2D eigenvalue weighted by molar-refractivity contribution is -0.137. The lowest BCUT2D eigenvalue weighted by Crippen LogP contribution is -2.42. The monoisotopic (exact) mass is 228 g/mol. The Bertz CT molecular complexity index is 252. The zero-order valence-corrected chi connectivity index (χ0v) is 9.74. The van der Waals surface area contributed by atoms with Gasteiger partial charge in [0, 0.05) is 25.6 Å². The van der Waals surface area contributed by atoms with Crippen molar-refractivity contribution in [2.75, 3.05) is 13.1 Å². The second-order valence-electron chi connectivity index (χ2n) is 4.15. The van der Waals surface area contributed by atoms with Gasteiger partial charge in [0.15, 0.2) is 0 Å². The molecule has 1 aliphatic rings. The minimum Gasteiger partial charge on any atom is -0.481 e. The molecule has 0 spiro atoms. The molecule has 1 aliphatic carbocycles. The van der Waals surface area contributed by atoms with Crippen LogP contribution in [0.5, 0.6) is 0 Å². The molecule has 0 aromatic rings. The number of aliphatic carboxylic acids is 1. The summed E-state index contributed by atoms with van der Waals surface area (Å²) in [7, 11) is 0. The SMILES string of the molecule is CCCN(C(=O)NCCCC(=O)O)C1CC1. The first-order valence-corrected chi connectivity index (χ1v) is 5.91. The van der Waals surface area contributed by atoms with Gasteiger partial charge in [0.1, 0.15) is 0 Å². The highest BCUT2D eigenvalue weighted by Crippen LogP contribution is 2.26. The van der Waals surface area contributed by atoms with Crippen molar-refractivity contribution < 1.29 is 14.7 Å². The number of nitrogens with zero attached hydrogens (tertiary/aromatic N) is 1. The van der Waals surface area contributed by atoms with Crippen LogP contribution in [0.25, 0.3) is 0 Å². The maximum absolute atomic E-state index is 11.7. The molecule has 16 heavy (non-hydrogen) atoms. The van der Waals surface area contributed by atoms with E-state index in [1.807, 2.05) is 11.8 Å². The molecule has 2 amide bonds. The fraction of sp³-hybridized carbons (Fsp3) is 0.818. The van der Waals surface area contributed by atoms with Crippen molar-refractivity contribution >= 4 is 12.0 Å². The summed E-state index contributed by atoms with van der Waals surface area (Å²) in [4.78, 5) is 23.9. The van der Waals surface area contributed by atoms with Gasteiger partial charge in [-0.3, -0.25) is 4.79 Å². The molecule has 0 heterocycles. The lowest BCUT2D eigenvalue weighted by Gasteiger charge is -2.22. The number of carbonyl (C=O) groups excluding carboxylic acids is 1. The molecular weight excluding hydrogens is 208 g/mol. The molecule has 0 aromatic heterocycles. The first-order valence-electron chi connectivity index (χ1n) is 5.91. The van der Waals surface area contributed by atoms with E-state index in [1.165, 1.54) is 0 Å². The third kappa shape index (κ3) is 4.51. The fourth-order valence-electron chi connectivity index (χ4n) is 1.61. The van der Waals surface area contributed by atoms with Crippen molar-refractivity contribution in [2.24, 2.45) is 0 Å². The summed E-state index contributed by atoms with van der Waals surface area (Å²) >= 11 is 0. The summed E-state index contributed by atoms with van der Waals surface area (Å²) < 4.78 is 0. The molecule has 2 N–H and O–H groups in total. The van der Waals surface area contributed by atoms with E-state index in [0.717, 1.165) is 25.8 Å². The number of rotatable bonds is 7. The Morgan fingerprint density at radius 3 is 2.62 bits per heavy atom. The van der Waals surface area contributed by atoms with Gasteiger partial charge in [-0.05, 0) is 25.7 Å². The van der Waals surface area contributed by atoms with Crippen molar-refractivity contribution in [2.45, 2.75) is 45.1 Å². The van der Waals surface area contributed by atoms with E-state index >= 15 is 0 Å². The minimum absolute atomic E-state index is 0.0465. The summed E-state index contributed by atoms with van der Waals surface area (Å²) in [5.41, 5.74) is 0. The zero-order valence-electron chi connectivity index (χ0n) is 9.74. The highest BCUT2D eigenvalue weighted by atomic mass is 16.4. The highest BCUT2D eigenvalue weighted by molar-refractivity contribution is 5.75.